The highest BCUT2D eigenvalue weighted by atomic mass is 16.6. The number of fused-ring (bicyclic) bond motifs is 1. The summed E-state index contributed by atoms with van der Waals surface area (Å²) in [5, 5.41) is 8.59. The van der Waals surface area contributed by atoms with E-state index in [1.807, 2.05) is 0 Å². The molecule has 0 amide bonds. The monoisotopic (exact) mass is 196 g/mol. The second-order valence-corrected chi connectivity index (χ2v) is 2.88. The van der Waals surface area contributed by atoms with Gasteiger partial charge in [0.05, 0.1) is 6.61 Å². The van der Waals surface area contributed by atoms with Crippen LogP contribution in [-0.4, -0.2) is 31.5 Å². The Kier molecular flexibility index (Phi) is 2.74. The number of benzene rings is 1. The first-order valence-corrected chi connectivity index (χ1v) is 4.53. The SMILES string of the molecule is OCCOc1ccc2c(c1)OCCO2. The summed E-state index contributed by atoms with van der Waals surface area (Å²) in [5.74, 6) is 2.13. The minimum Gasteiger partial charge on any atom is -0.491 e. The van der Waals surface area contributed by atoms with E-state index in [2.05, 4.69) is 0 Å². The van der Waals surface area contributed by atoms with Gasteiger partial charge in [0.2, 0.25) is 0 Å². The van der Waals surface area contributed by atoms with Crippen molar-refractivity contribution in [3.05, 3.63) is 18.2 Å². The molecule has 1 N–H and O–H groups in total. The minimum atomic E-state index is 0.00837. The van der Waals surface area contributed by atoms with Crippen LogP contribution in [0.4, 0.5) is 0 Å². The van der Waals surface area contributed by atoms with Crippen molar-refractivity contribution in [3.63, 3.8) is 0 Å². The van der Waals surface area contributed by atoms with Gasteiger partial charge in [-0.05, 0) is 12.1 Å². The van der Waals surface area contributed by atoms with E-state index in [-0.39, 0.29) is 6.61 Å². The molecule has 2 rings (SSSR count). The van der Waals surface area contributed by atoms with Crippen molar-refractivity contribution in [2.75, 3.05) is 26.4 Å². The van der Waals surface area contributed by atoms with Gasteiger partial charge < -0.3 is 19.3 Å². The maximum Gasteiger partial charge on any atom is 0.165 e. The van der Waals surface area contributed by atoms with Crippen LogP contribution >= 0.6 is 0 Å². The second kappa shape index (κ2) is 4.19. The molecule has 1 aliphatic rings. The van der Waals surface area contributed by atoms with Gasteiger partial charge >= 0.3 is 0 Å². The molecule has 0 unspecified atom stereocenters. The summed E-state index contributed by atoms with van der Waals surface area (Å²) in [6, 6.07) is 5.37. The topological polar surface area (TPSA) is 47.9 Å². The van der Waals surface area contributed by atoms with Crippen LogP contribution in [-0.2, 0) is 0 Å². The van der Waals surface area contributed by atoms with E-state index in [1.54, 1.807) is 18.2 Å². The van der Waals surface area contributed by atoms with Crippen molar-refractivity contribution in [2.24, 2.45) is 0 Å². The van der Waals surface area contributed by atoms with E-state index >= 15 is 0 Å². The highest BCUT2D eigenvalue weighted by molar-refractivity contribution is 5.46. The van der Waals surface area contributed by atoms with Crippen LogP contribution in [0.1, 0.15) is 0 Å². The average Bonchev–Trinajstić information content (AvgIpc) is 2.26. The molecule has 0 fully saturated rings. The van der Waals surface area contributed by atoms with Gasteiger partial charge in [0.15, 0.2) is 11.5 Å². The van der Waals surface area contributed by atoms with Gasteiger partial charge in [-0.15, -0.1) is 0 Å². The van der Waals surface area contributed by atoms with Gasteiger partial charge in [-0.1, -0.05) is 0 Å². The van der Waals surface area contributed by atoms with Crippen LogP contribution in [0.2, 0.25) is 0 Å². The molecule has 4 nitrogen and oxygen atoms in total. The number of aliphatic hydroxyl groups is 1. The predicted molar refractivity (Wildman–Crippen MR) is 50.0 cm³/mol. The van der Waals surface area contributed by atoms with E-state index in [4.69, 9.17) is 19.3 Å². The fraction of sp³-hybridized carbons (Fsp3) is 0.400. The molecule has 1 aromatic rings. The fourth-order valence-corrected chi connectivity index (χ4v) is 1.28. The molecule has 0 spiro atoms. The highest BCUT2D eigenvalue weighted by Crippen LogP contribution is 2.33. The Morgan fingerprint density at radius 1 is 1.21 bits per heavy atom. The van der Waals surface area contributed by atoms with Crippen LogP contribution < -0.4 is 14.2 Å². The van der Waals surface area contributed by atoms with Gasteiger partial charge in [0.1, 0.15) is 25.6 Å². The van der Waals surface area contributed by atoms with Crippen molar-refractivity contribution in [1.29, 1.82) is 0 Å². The van der Waals surface area contributed by atoms with Crippen molar-refractivity contribution < 1.29 is 19.3 Å². The molecule has 1 aromatic carbocycles. The molecule has 14 heavy (non-hydrogen) atoms. The maximum absolute atomic E-state index is 8.59. The van der Waals surface area contributed by atoms with Crippen LogP contribution in [0.3, 0.4) is 0 Å². The largest absolute Gasteiger partial charge is 0.491 e. The third-order valence-corrected chi connectivity index (χ3v) is 1.87. The normalized spacial score (nSPS) is 13.8. The van der Waals surface area contributed by atoms with E-state index in [0.29, 0.717) is 31.3 Å². The molecule has 1 heterocycles. The smallest absolute Gasteiger partial charge is 0.165 e. The standard InChI is InChI=1S/C10H12O4/c11-3-4-12-8-1-2-9-10(7-8)14-6-5-13-9/h1-2,7,11H,3-6H2. The Bertz CT molecular complexity index is 311. The van der Waals surface area contributed by atoms with Crippen molar-refractivity contribution in [2.45, 2.75) is 0 Å². The molecular formula is C10H12O4. The molecule has 1 aliphatic heterocycles. The van der Waals surface area contributed by atoms with Gasteiger partial charge in [0, 0.05) is 6.07 Å². The lowest BCUT2D eigenvalue weighted by molar-refractivity contribution is 0.168. The Morgan fingerprint density at radius 3 is 2.79 bits per heavy atom. The van der Waals surface area contributed by atoms with Crippen molar-refractivity contribution in [1.82, 2.24) is 0 Å². The Hall–Kier alpha value is -1.42. The zero-order chi connectivity index (χ0) is 9.80. The third-order valence-electron chi connectivity index (χ3n) is 1.87. The quantitative estimate of drug-likeness (QED) is 0.777. The van der Waals surface area contributed by atoms with Gasteiger partial charge in [-0.3, -0.25) is 0 Å². The predicted octanol–water partition coefficient (Wildman–Crippen LogP) is 0.829. The van der Waals surface area contributed by atoms with Crippen LogP contribution in [0, 0.1) is 0 Å². The first-order chi connectivity index (χ1) is 6.90. The van der Waals surface area contributed by atoms with Gasteiger partial charge in [-0.25, -0.2) is 0 Å². The Morgan fingerprint density at radius 2 is 2.00 bits per heavy atom. The van der Waals surface area contributed by atoms with E-state index in [9.17, 15) is 0 Å². The number of aliphatic hydroxyl groups excluding tert-OH is 1. The Balaban J connectivity index is 2.12. The lowest BCUT2D eigenvalue weighted by Gasteiger charge is -2.18. The first kappa shape index (κ1) is 9.15. The molecule has 0 saturated heterocycles. The van der Waals surface area contributed by atoms with Crippen molar-refractivity contribution >= 4 is 0 Å². The summed E-state index contributed by atoms with van der Waals surface area (Å²) < 4.78 is 16.0. The number of rotatable bonds is 3. The molecule has 0 atom stereocenters. The summed E-state index contributed by atoms with van der Waals surface area (Å²) in [5.41, 5.74) is 0. The summed E-state index contributed by atoms with van der Waals surface area (Å²) in [4.78, 5) is 0. The summed E-state index contributed by atoms with van der Waals surface area (Å²) in [6.07, 6.45) is 0. The summed E-state index contributed by atoms with van der Waals surface area (Å²) in [6.45, 7) is 1.45. The van der Waals surface area contributed by atoms with E-state index < -0.39 is 0 Å². The van der Waals surface area contributed by atoms with Crippen molar-refractivity contribution in [3.8, 4) is 17.2 Å². The molecule has 76 valence electrons. The molecule has 0 saturated carbocycles. The second-order valence-electron chi connectivity index (χ2n) is 2.88. The van der Waals surface area contributed by atoms with Gasteiger partial charge in [-0.2, -0.15) is 0 Å². The molecule has 4 heteroatoms. The Labute approximate surface area is 82.0 Å². The number of hydrogen-bond acceptors (Lipinski definition) is 4. The van der Waals surface area contributed by atoms with Crippen LogP contribution in [0.15, 0.2) is 18.2 Å². The number of ether oxygens (including phenoxy) is 3. The minimum absolute atomic E-state index is 0.00837. The van der Waals surface area contributed by atoms with Gasteiger partial charge in [0.25, 0.3) is 0 Å². The fourth-order valence-electron chi connectivity index (χ4n) is 1.28. The summed E-state index contributed by atoms with van der Waals surface area (Å²) >= 11 is 0. The lowest BCUT2D eigenvalue weighted by Crippen LogP contribution is -2.15. The highest BCUT2D eigenvalue weighted by Gasteiger charge is 2.11. The zero-order valence-electron chi connectivity index (χ0n) is 7.73. The first-order valence-electron chi connectivity index (χ1n) is 4.53. The van der Waals surface area contributed by atoms with E-state index in [1.165, 1.54) is 0 Å². The molecule has 0 radical (unpaired) electrons. The maximum atomic E-state index is 8.59. The number of hydrogen-bond donors (Lipinski definition) is 1. The molecule has 0 aromatic heterocycles. The van der Waals surface area contributed by atoms with Crippen LogP contribution in [0.25, 0.3) is 0 Å². The zero-order valence-corrected chi connectivity index (χ0v) is 7.73. The molecule has 0 bridgehead atoms. The van der Waals surface area contributed by atoms with E-state index in [0.717, 1.165) is 5.75 Å². The summed E-state index contributed by atoms with van der Waals surface area (Å²) in [7, 11) is 0. The third kappa shape index (κ3) is 1.90. The average molecular weight is 196 g/mol. The molecule has 0 aliphatic carbocycles. The molecular weight excluding hydrogens is 184 g/mol. The lowest BCUT2D eigenvalue weighted by atomic mass is 10.3. The van der Waals surface area contributed by atoms with Crippen LogP contribution in [0.5, 0.6) is 17.2 Å².